The van der Waals surface area contributed by atoms with Gasteiger partial charge in [-0.15, -0.1) is 0 Å². The van der Waals surface area contributed by atoms with Gasteiger partial charge in [-0.3, -0.25) is 0 Å². The summed E-state index contributed by atoms with van der Waals surface area (Å²) in [4.78, 5) is 2.53. The molecule has 0 N–H and O–H groups in total. The highest BCUT2D eigenvalue weighted by atomic mass is 15.1. The van der Waals surface area contributed by atoms with Crippen molar-refractivity contribution in [1.82, 2.24) is 4.90 Å². The zero-order chi connectivity index (χ0) is 25.0. The van der Waals surface area contributed by atoms with E-state index in [-0.39, 0.29) is 0 Å². The predicted octanol–water partition coefficient (Wildman–Crippen LogP) is 9.73. The SMILES string of the molecule is CC.CCCCCCC1CCCN1C.CCc1cccc2ccccc12.CCc1ccccc1. The molecule has 1 saturated heterocycles. The highest BCUT2D eigenvalue weighted by Crippen LogP contribution is 2.20. The largest absolute Gasteiger partial charge is 0.303 e. The fourth-order valence-corrected chi connectivity index (χ4v) is 4.47. The Morgan fingerprint density at radius 2 is 1.41 bits per heavy atom. The van der Waals surface area contributed by atoms with Crippen LogP contribution in [0.4, 0.5) is 0 Å². The van der Waals surface area contributed by atoms with Gasteiger partial charge in [-0.05, 0) is 67.6 Å². The Kier molecular flexibility index (Phi) is 16.9. The zero-order valence-corrected chi connectivity index (χ0v) is 23.0. The molecule has 1 fully saturated rings. The van der Waals surface area contributed by atoms with Gasteiger partial charge in [0.25, 0.3) is 0 Å². The van der Waals surface area contributed by atoms with E-state index in [9.17, 15) is 0 Å². The Morgan fingerprint density at radius 1 is 0.735 bits per heavy atom. The first-order valence-corrected chi connectivity index (χ1v) is 13.9. The number of unbranched alkanes of at least 4 members (excludes halogenated alkanes) is 3. The van der Waals surface area contributed by atoms with Crippen molar-refractivity contribution in [3.05, 3.63) is 83.9 Å². The maximum Gasteiger partial charge on any atom is 0.00926 e. The van der Waals surface area contributed by atoms with Gasteiger partial charge in [0.2, 0.25) is 0 Å². The molecule has 0 amide bonds. The van der Waals surface area contributed by atoms with Gasteiger partial charge in [-0.2, -0.15) is 0 Å². The molecule has 0 aliphatic carbocycles. The van der Waals surface area contributed by atoms with E-state index in [4.69, 9.17) is 0 Å². The molecule has 1 nitrogen and oxygen atoms in total. The lowest BCUT2D eigenvalue weighted by molar-refractivity contribution is 0.289. The number of nitrogens with zero attached hydrogens (tertiary/aromatic N) is 1. The summed E-state index contributed by atoms with van der Waals surface area (Å²) in [5, 5.41) is 2.74. The zero-order valence-electron chi connectivity index (χ0n) is 23.0. The summed E-state index contributed by atoms with van der Waals surface area (Å²) in [7, 11) is 2.28. The molecule has 0 aromatic heterocycles. The van der Waals surface area contributed by atoms with Gasteiger partial charge in [0, 0.05) is 6.04 Å². The molecule has 1 aliphatic rings. The molecule has 3 aromatic carbocycles. The monoisotopic (exact) mass is 461 g/mol. The molecule has 188 valence electrons. The average Bonchev–Trinajstić information content (AvgIpc) is 3.33. The van der Waals surface area contributed by atoms with Crippen molar-refractivity contribution >= 4 is 10.8 Å². The van der Waals surface area contributed by atoms with Crippen LogP contribution in [-0.4, -0.2) is 24.5 Å². The minimum absolute atomic E-state index is 0.918. The number of likely N-dealkylation sites (tertiary alicyclic amines) is 1. The number of benzene rings is 3. The molecule has 4 rings (SSSR count). The minimum atomic E-state index is 0.918. The second-order valence-corrected chi connectivity index (χ2v) is 8.96. The third-order valence-corrected chi connectivity index (χ3v) is 6.57. The number of hydrogen-bond acceptors (Lipinski definition) is 1. The summed E-state index contributed by atoms with van der Waals surface area (Å²) in [5.74, 6) is 0. The van der Waals surface area contributed by atoms with Gasteiger partial charge in [0.05, 0.1) is 0 Å². The van der Waals surface area contributed by atoms with Gasteiger partial charge in [-0.25, -0.2) is 0 Å². The van der Waals surface area contributed by atoms with E-state index in [1.165, 1.54) is 73.4 Å². The van der Waals surface area contributed by atoms with Crippen LogP contribution in [0.3, 0.4) is 0 Å². The van der Waals surface area contributed by atoms with Crippen LogP contribution in [0.1, 0.15) is 90.7 Å². The summed E-state index contributed by atoms with van der Waals surface area (Å²) in [6.45, 7) is 12.0. The summed E-state index contributed by atoms with van der Waals surface area (Å²) in [6, 6.07) is 26.4. The first-order chi connectivity index (χ1) is 16.7. The van der Waals surface area contributed by atoms with Gasteiger partial charge in [0.1, 0.15) is 0 Å². The highest BCUT2D eigenvalue weighted by Gasteiger charge is 2.19. The lowest BCUT2D eigenvalue weighted by atomic mass is 10.0. The topological polar surface area (TPSA) is 3.24 Å². The molecule has 1 heterocycles. The first-order valence-electron chi connectivity index (χ1n) is 13.9. The fourth-order valence-electron chi connectivity index (χ4n) is 4.47. The van der Waals surface area contributed by atoms with Crippen LogP contribution in [0.2, 0.25) is 0 Å². The van der Waals surface area contributed by atoms with E-state index in [1.54, 1.807) is 0 Å². The molecule has 1 atom stereocenters. The predicted molar refractivity (Wildman–Crippen MR) is 155 cm³/mol. The van der Waals surface area contributed by atoms with Crippen LogP contribution in [0.25, 0.3) is 10.8 Å². The van der Waals surface area contributed by atoms with Crippen molar-refractivity contribution in [2.75, 3.05) is 13.6 Å². The van der Waals surface area contributed by atoms with Gasteiger partial charge >= 0.3 is 0 Å². The van der Waals surface area contributed by atoms with Crippen LogP contribution in [0, 0.1) is 0 Å². The second kappa shape index (κ2) is 19.2. The van der Waals surface area contributed by atoms with Crippen LogP contribution >= 0.6 is 0 Å². The van der Waals surface area contributed by atoms with Crippen molar-refractivity contribution in [1.29, 1.82) is 0 Å². The first kappa shape index (κ1) is 29.9. The summed E-state index contributed by atoms with van der Waals surface area (Å²) >= 11 is 0. The van der Waals surface area contributed by atoms with Crippen molar-refractivity contribution in [3.8, 4) is 0 Å². The van der Waals surface area contributed by atoms with Crippen molar-refractivity contribution in [2.24, 2.45) is 0 Å². The van der Waals surface area contributed by atoms with Crippen molar-refractivity contribution in [3.63, 3.8) is 0 Å². The molecular weight excluding hydrogens is 410 g/mol. The molecule has 0 bridgehead atoms. The van der Waals surface area contributed by atoms with E-state index in [2.05, 4.69) is 99.4 Å². The standard InChI is InChI=1S/C12H12.C11H23N.C8H10.C2H6/c1-2-10-7-5-8-11-6-3-4-9-12(10)11;1-3-4-5-6-8-11-9-7-10-12(11)2;1-2-8-6-4-3-5-7-8;1-2/h3-9H,2H2,1H3;11H,3-10H2,1-2H3;3-7H,2H2,1H3;1-2H3. The number of rotatable bonds is 7. The molecule has 1 heteroatoms. The third kappa shape index (κ3) is 11.3. The van der Waals surface area contributed by atoms with Crippen molar-refractivity contribution in [2.45, 2.75) is 98.4 Å². The van der Waals surface area contributed by atoms with E-state index >= 15 is 0 Å². The lowest BCUT2D eigenvalue weighted by Gasteiger charge is -2.18. The van der Waals surface area contributed by atoms with Crippen LogP contribution in [0.15, 0.2) is 72.8 Å². The Balaban J connectivity index is 0.000000251. The van der Waals surface area contributed by atoms with E-state index in [0.717, 1.165) is 18.9 Å². The second-order valence-electron chi connectivity index (χ2n) is 8.96. The molecule has 0 radical (unpaired) electrons. The molecule has 1 unspecified atom stereocenters. The van der Waals surface area contributed by atoms with Crippen molar-refractivity contribution < 1.29 is 0 Å². The smallest absolute Gasteiger partial charge is 0.00926 e. The Bertz CT molecular complexity index is 849. The number of hydrogen-bond donors (Lipinski definition) is 0. The average molecular weight is 462 g/mol. The molecule has 0 spiro atoms. The fraction of sp³-hybridized carbons (Fsp3) is 0.515. The number of fused-ring (bicyclic) bond motifs is 1. The van der Waals surface area contributed by atoms with E-state index in [0.29, 0.717) is 0 Å². The Labute approximate surface area is 211 Å². The molecular formula is C33H51N. The summed E-state index contributed by atoms with van der Waals surface area (Å²) < 4.78 is 0. The maximum absolute atomic E-state index is 2.53. The Morgan fingerprint density at radius 3 is 2.00 bits per heavy atom. The van der Waals surface area contributed by atoms with E-state index < -0.39 is 0 Å². The van der Waals surface area contributed by atoms with E-state index in [1.807, 2.05) is 19.9 Å². The van der Waals surface area contributed by atoms with Gasteiger partial charge in [-0.1, -0.05) is 133 Å². The summed E-state index contributed by atoms with van der Waals surface area (Å²) in [6.07, 6.45) is 12.2. The molecule has 3 aromatic rings. The molecule has 0 saturated carbocycles. The van der Waals surface area contributed by atoms with Crippen LogP contribution in [0.5, 0.6) is 0 Å². The van der Waals surface area contributed by atoms with Gasteiger partial charge in [0.15, 0.2) is 0 Å². The maximum atomic E-state index is 2.53. The van der Waals surface area contributed by atoms with Crippen LogP contribution < -0.4 is 0 Å². The molecule has 34 heavy (non-hydrogen) atoms. The third-order valence-electron chi connectivity index (χ3n) is 6.57. The molecule has 1 aliphatic heterocycles. The number of aryl methyl sites for hydroxylation is 2. The van der Waals surface area contributed by atoms with Crippen LogP contribution in [-0.2, 0) is 12.8 Å². The Hall–Kier alpha value is -2.12. The lowest BCUT2D eigenvalue weighted by Crippen LogP contribution is -2.24. The quantitative estimate of drug-likeness (QED) is 0.316. The normalized spacial score (nSPS) is 14.8. The highest BCUT2D eigenvalue weighted by molar-refractivity contribution is 5.85. The van der Waals surface area contributed by atoms with Gasteiger partial charge < -0.3 is 4.90 Å². The summed E-state index contributed by atoms with van der Waals surface area (Å²) in [5.41, 5.74) is 2.85. The minimum Gasteiger partial charge on any atom is -0.303 e.